The van der Waals surface area contributed by atoms with E-state index < -0.39 is 5.91 Å². The number of carbonyl (C=O) groups is 1. The molecule has 0 atom stereocenters. The first-order valence-electron chi connectivity index (χ1n) is 8.20. The summed E-state index contributed by atoms with van der Waals surface area (Å²) in [7, 11) is 3.31. The number of nitrogens with zero attached hydrogens (tertiary/aromatic N) is 3. The summed E-state index contributed by atoms with van der Waals surface area (Å²) in [6.45, 7) is 0. The Hall–Kier alpha value is -3.81. The molecular weight excluding hydrogens is 344 g/mol. The molecule has 2 aromatic carbocycles. The van der Waals surface area contributed by atoms with Gasteiger partial charge in [-0.15, -0.1) is 0 Å². The maximum Gasteiger partial charge on any atom is 0.278 e. The zero-order valence-corrected chi connectivity index (χ0v) is 15.0. The van der Waals surface area contributed by atoms with Gasteiger partial charge in [0.15, 0.2) is 5.82 Å². The van der Waals surface area contributed by atoms with E-state index >= 15 is 0 Å². The van der Waals surface area contributed by atoms with Crippen LogP contribution in [0.2, 0.25) is 0 Å². The maximum absolute atomic E-state index is 12.6. The molecule has 8 nitrogen and oxygen atoms in total. The van der Waals surface area contributed by atoms with Gasteiger partial charge in [-0.3, -0.25) is 4.79 Å². The number of benzene rings is 2. The Morgan fingerprint density at radius 1 is 1.19 bits per heavy atom. The summed E-state index contributed by atoms with van der Waals surface area (Å²) in [6, 6.07) is 16.7. The van der Waals surface area contributed by atoms with Crippen LogP contribution >= 0.6 is 0 Å². The van der Waals surface area contributed by atoms with Crippen molar-refractivity contribution in [3.63, 3.8) is 0 Å². The van der Waals surface area contributed by atoms with E-state index in [2.05, 4.69) is 20.9 Å². The quantitative estimate of drug-likeness (QED) is 0.460. The summed E-state index contributed by atoms with van der Waals surface area (Å²) in [5.74, 6) is 0.892. The number of amides is 1. The number of rotatable bonds is 6. The van der Waals surface area contributed by atoms with Gasteiger partial charge in [0.05, 0.1) is 13.3 Å². The molecule has 3 aromatic rings. The standard InChI is InChI=1S/C19H20N6O2/c1-25-18(22-14-6-4-3-5-7-14)16(17(20)24-25)19(26)23-21-12-13-8-10-15(27-2)11-9-13/h3-12,22H,1-2H3,(H2,20,24)(H,23,26)/b21-12+. The number of para-hydroxylation sites is 1. The number of aromatic nitrogens is 2. The average Bonchev–Trinajstić information content (AvgIpc) is 2.96. The van der Waals surface area contributed by atoms with Crippen molar-refractivity contribution in [2.75, 3.05) is 18.2 Å². The Morgan fingerprint density at radius 3 is 2.56 bits per heavy atom. The molecule has 0 fully saturated rings. The highest BCUT2D eigenvalue weighted by Gasteiger charge is 2.21. The molecule has 1 amide bonds. The molecule has 0 aliphatic heterocycles. The van der Waals surface area contributed by atoms with E-state index in [1.807, 2.05) is 54.6 Å². The molecule has 0 bridgehead atoms. The number of hydrogen-bond acceptors (Lipinski definition) is 6. The van der Waals surface area contributed by atoms with Crippen molar-refractivity contribution >= 4 is 29.4 Å². The number of aryl methyl sites for hydroxylation is 1. The largest absolute Gasteiger partial charge is 0.497 e. The van der Waals surface area contributed by atoms with E-state index in [-0.39, 0.29) is 11.4 Å². The molecule has 4 N–H and O–H groups in total. The van der Waals surface area contributed by atoms with Crippen molar-refractivity contribution in [3.8, 4) is 5.75 Å². The summed E-state index contributed by atoms with van der Waals surface area (Å²) >= 11 is 0. The first-order valence-corrected chi connectivity index (χ1v) is 8.20. The lowest BCUT2D eigenvalue weighted by atomic mass is 10.2. The van der Waals surface area contributed by atoms with Crippen LogP contribution in [-0.2, 0) is 7.05 Å². The first-order chi connectivity index (χ1) is 13.1. The Kier molecular flexibility index (Phi) is 5.36. The molecule has 0 saturated heterocycles. The third kappa shape index (κ3) is 4.24. The SMILES string of the molecule is COc1ccc(/C=N/NC(=O)c2c(N)nn(C)c2Nc2ccccc2)cc1. The molecule has 0 spiro atoms. The normalized spacial score (nSPS) is 10.7. The highest BCUT2D eigenvalue weighted by molar-refractivity contribution is 6.04. The Bertz CT molecular complexity index is 948. The lowest BCUT2D eigenvalue weighted by Gasteiger charge is -2.08. The molecule has 1 aromatic heterocycles. The van der Waals surface area contributed by atoms with Crippen LogP contribution in [0.5, 0.6) is 5.75 Å². The number of anilines is 3. The van der Waals surface area contributed by atoms with Gasteiger partial charge in [0.25, 0.3) is 5.91 Å². The fourth-order valence-corrected chi connectivity index (χ4v) is 2.48. The Balaban J connectivity index is 1.75. The molecule has 0 aliphatic carbocycles. The van der Waals surface area contributed by atoms with Gasteiger partial charge >= 0.3 is 0 Å². The number of nitrogen functional groups attached to an aromatic ring is 1. The zero-order chi connectivity index (χ0) is 19.2. The van der Waals surface area contributed by atoms with E-state index in [1.54, 1.807) is 14.2 Å². The predicted octanol–water partition coefficient (Wildman–Crippen LogP) is 2.52. The maximum atomic E-state index is 12.6. The second-order valence-electron chi connectivity index (χ2n) is 5.70. The van der Waals surface area contributed by atoms with E-state index in [0.717, 1.165) is 17.0 Å². The minimum Gasteiger partial charge on any atom is -0.497 e. The second-order valence-corrected chi connectivity index (χ2v) is 5.70. The van der Waals surface area contributed by atoms with Gasteiger partial charge in [-0.25, -0.2) is 10.1 Å². The smallest absolute Gasteiger partial charge is 0.278 e. The Labute approximate surface area is 156 Å². The molecule has 0 unspecified atom stereocenters. The van der Waals surface area contributed by atoms with Gasteiger partial charge in [-0.05, 0) is 42.0 Å². The van der Waals surface area contributed by atoms with Crippen LogP contribution in [0.3, 0.4) is 0 Å². The summed E-state index contributed by atoms with van der Waals surface area (Å²) in [5, 5.41) is 11.3. The number of hydrazone groups is 1. The van der Waals surface area contributed by atoms with Crippen LogP contribution in [-0.4, -0.2) is 29.0 Å². The van der Waals surface area contributed by atoms with Crippen molar-refractivity contribution < 1.29 is 9.53 Å². The van der Waals surface area contributed by atoms with Crippen molar-refractivity contribution in [3.05, 3.63) is 65.7 Å². The van der Waals surface area contributed by atoms with Gasteiger partial charge in [0, 0.05) is 12.7 Å². The predicted molar refractivity (Wildman–Crippen MR) is 105 cm³/mol. The van der Waals surface area contributed by atoms with Crippen LogP contribution in [0.4, 0.5) is 17.3 Å². The summed E-state index contributed by atoms with van der Waals surface area (Å²) < 4.78 is 6.62. The van der Waals surface area contributed by atoms with Crippen LogP contribution < -0.4 is 21.2 Å². The first kappa shape index (κ1) is 18.0. The molecule has 138 valence electrons. The number of nitrogens with two attached hydrogens (primary N) is 1. The third-order valence-corrected chi connectivity index (χ3v) is 3.83. The number of hydrogen-bond donors (Lipinski definition) is 3. The summed E-state index contributed by atoms with van der Waals surface area (Å²) in [5.41, 5.74) is 10.3. The molecule has 27 heavy (non-hydrogen) atoms. The van der Waals surface area contributed by atoms with Crippen molar-refractivity contribution in [2.45, 2.75) is 0 Å². The van der Waals surface area contributed by atoms with Gasteiger partial charge in [0.1, 0.15) is 17.1 Å². The third-order valence-electron chi connectivity index (χ3n) is 3.83. The number of methoxy groups -OCH3 is 1. The minimum absolute atomic E-state index is 0.119. The topological polar surface area (TPSA) is 107 Å². The van der Waals surface area contributed by atoms with Crippen LogP contribution in [0.15, 0.2) is 59.7 Å². The minimum atomic E-state index is -0.455. The molecule has 8 heteroatoms. The average molecular weight is 364 g/mol. The van der Waals surface area contributed by atoms with E-state index in [1.165, 1.54) is 10.9 Å². The lowest BCUT2D eigenvalue weighted by Crippen LogP contribution is -2.20. The molecule has 0 saturated carbocycles. The number of ether oxygens (including phenoxy) is 1. The van der Waals surface area contributed by atoms with Crippen molar-refractivity contribution in [2.24, 2.45) is 12.1 Å². The highest BCUT2D eigenvalue weighted by Crippen LogP contribution is 2.24. The fourth-order valence-electron chi connectivity index (χ4n) is 2.48. The van der Waals surface area contributed by atoms with Crippen molar-refractivity contribution in [1.82, 2.24) is 15.2 Å². The fraction of sp³-hybridized carbons (Fsp3) is 0.105. The van der Waals surface area contributed by atoms with Crippen LogP contribution in [0.1, 0.15) is 15.9 Å². The molecule has 3 rings (SSSR count). The zero-order valence-electron chi connectivity index (χ0n) is 15.0. The number of carbonyl (C=O) groups excluding carboxylic acids is 1. The highest BCUT2D eigenvalue weighted by atomic mass is 16.5. The monoisotopic (exact) mass is 364 g/mol. The van der Waals surface area contributed by atoms with Gasteiger partial charge < -0.3 is 15.8 Å². The van der Waals surface area contributed by atoms with E-state index in [0.29, 0.717) is 5.82 Å². The lowest BCUT2D eigenvalue weighted by molar-refractivity contribution is 0.0957. The van der Waals surface area contributed by atoms with Crippen molar-refractivity contribution in [1.29, 1.82) is 0 Å². The molecule has 0 radical (unpaired) electrons. The summed E-state index contributed by atoms with van der Waals surface area (Å²) in [6.07, 6.45) is 1.54. The molecular formula is C19H20N6O2. The summed E-state index contributed by atoms with van der Waals surface area (Å²) in [4.78, 5) is 12.6. The molecule has 1 heterocycles. The van der Waals surface area contributed by atoms with Gasteiger partial charge in [0.2, 0.25) is 0 Å². The number of nitrogens with one attached hydrogen (secondary N) is 2. The van der Waals surface area contributed by atoms with Crippen LogP contribution in [0, 0.1) is 0 Å². The van der Waals surface area contributed by atoms with E-state index in [4.69, 9.17) is 10.5 Å². The second kappa shape index (κ2) is 8.05. The van der Waals surface area contributed by atoms with Gasteiger partial charge in [-0.1, -0.05) is 18.2 Å². The van der Waals surface area contributed by atoms with Gasteiger partial charge in [-0.2, -0.15) is 10.2 Å². The Morgan fingerprint density at radius 2 is 1.89 bits per heavy atom. The molecule has 0 aliphatic rings. The van der Waals surface area contributed by atoms with Crippen LogP contribution in [0.25, 0.3) is 0 Å². The van der Waals surface area contributed by atoms with E-state index in [9.17, 15) is 4.79 Å².